The van der Waals surface area contributed by atoms with Crippen LogP contribution in [0.2, 0.25) is 5.02 Å². The fourth-order valence-corrected chi connectivity index (χ4v) is 1.56. The Hall–Kier alpha value is -1.14. The zero-order valence-electron chi connectivity index (χ0n) is 9.87. The Kier molecular flexibility index (Phi) is 4.70. The summed E-state index contributed by atoms with van der Waals surface area (Å²) >= 11 is 8.94. The molecule has 0 aromatic heterocycles. The van der Waals surface area contributed by atoms with Crippen LogP contribution < -0.4 is 5.32 Å². The predicted octanol–water partition coefficient (Wildman–Crippen LogP) is 3.15. The van der Waals surface area contributed by atoms with Crippen molar-refractivity contribution < 1.29 is 9.72 Å². The lowest BCUT2D eigenvalue weighted by atomic mass is 10.1. The molecule has 0 atom stereocenters. The number of hydrogen-bond acceptors (Lipinski definition) is 3. The van der Waals surface area contributed by atoms with Gasteiger partial charge in [-0.25, -0.2) is 0 Å². The quantitative estimate of drug-likeness (QED) is 0.522. The molecule has 5 nitrogen and oxygen atoms in total. The topological polar surface area (TPSA) is 72.2 Å². The zero-order valence-corrected chi connectivity index (χ0v) is 12.2. The van der Waals surface area contributed by atoms with Crippen LogP contribution in [0.4, 0.5) is 5.69 Å². The van der Waals surface area contributed by atoms with E-state index >= 15 is 0 Å². The number of nitro benzene ring substituents is 1. The minimum absolute atomic E-state index is 0.00146. The Morgan fingerprint density at radius 3 is 2.67 bits per heavy atom. The van der Waals surface area contributed by atoms with Crippen molar-refractivity contribution in [3.05, 3.63) is 38.9 Å². The van der Waals surface area contributed by atoms with Gasteiger partial charge in [0.05, 0.1) is 4.92 Å². The largest absolute Gasteiger partial charge is 0.346 e. The molecular weight excluding hydrogens is 323 g/mol. The van der Waals surface area contributed by atoms with E-state index in [1.165, 1.54) is 12.1 Å². The number of nitrogens with one attached hydrogen (secondary N) is 1. The van der Waals surface area contributed by atoms with Gasteiger partial charge in [0.15, 0.2) is 0 Å². The fraction of sp³-hybridized carbons (Fsp3) is 0.364. The number of halogens is 2. The van der Waals surface area contributed by atoms with Crippen LogP contribution in [-0.2, 0) is 0 Å². The van der Waals surface area contributed by atoms with Crippen molar-refractivity contribution in [2.24, 2.45) is 0 Å². The van der Waals surface area contributed by atoms with Gasteiger partial charge in [0.2, 0.25) is 0 Å². The summed E-state index contributed by atoms with van der Waals surface area (Å²) in [5.41, 5.74) is -0.797. The van der Waals surface area contributed by atoms with E-state index in [-0.39, 0.29) is 16.3 Å². The lowest BCUT2D eigenvalue weighted by molar-refractivity contribution is -0.385. The van der Waals surface area contributed by atoms with Gasteiger partial charge < -0.3 is 5.32 Å². The highest BCUT2D eigenvalue weighted by molar-refractivity contribution is 9.09. The third-order valence-corrected chi connectivity index (χ3v) is 3.82. The van der Waals surface area contributed by atoms with Gasteiger partial charge in [0, 0.05) is 22.0 Å². The molecule has 0 unspecified atom stereocenters. The van der Waals surface area contributed by atoms with Crippen molar-refractivity contribution in [3.63, 3.8) is 0 Å². The maximum absolute atomic E-state index is 12.0. The van der Waals surface area contributed by atoms with Gasteiger partial charge in [-0.15, -0.1) is 0 Å². The molecule has 1 amide bonds. The van der Waals surface area contributed by atoms with Crippen molar-refractivity contribution in [1.29, 1.82) is 0 Å². The average molecular weight is 336 g/mol. The molecule has 98 valence electrons. The van der Waals surface area contributed by atoms with Crippen LogP contribution in [-0.4, -0.2) is 21.7 Å². The summed E-state index contributed by atoms with van der Waals surface area (Å²) in [5.74, 6) is -0.497. The molecule has 0 saturated heterocycles. The van der Waals surface area contributed by atoms with Gasteiger partial charge in [-0.1, -0.05) is 27.5 Å². The maximum Gasteiger partial charge on any atom is 0.283 e. The molecule has 1 aromatic rings. The van der Waals surface area contributed by atoms with E-state index in [1.54, 1.807) is 13.8 Å². The number of alkyl halides is 1. The Morgan fingerprint density at radius 1 is 1.56 bits per heavy atom. The normalized spacial score (nSPS) is 11.1. The molecule has 0 saturated carbocycles. The molecular formula is C11H12BrClN2O3. The number of nitrogens with zero attached hydrogens (tertiary/aromatic N) is 1. The first-order valence-corrected chi connectivity index (χ1v) is 6.59. The van der Waals surface area contributed by atoms with E-state index in [4.69, 9.17) is 11.6 Å². The summed E-state index contributed by atoms with van der Waals surface area (Å²) in [4.78, 5) is 22.2. The van der Waals surface area contributed by atoms with Crippen LogP contribution in [0.1, 0.15) is 24.2 Å². The minimum atomic E-state index is -0.623. The number of carbonyl (C=O) groups is 1. The summed E-state index contributed by atoms with van der Waals surface area (Å²) in [6.07, 6.45) is 0. The molecule has 0 aliphatic heterocycles. The lowest BCUT2D eigenvalue weighted by Crippen LogP contribution is -2.44. The molecule has 0 spiro atoms. The van der Waals surface area contributed by atoms with Crippen molar-refractivity contribution >= 4 is 39.1 Å². The first kappa shape index (κ1) is 14.9. The third-order valence-electron chi connectivity index (χ3n) is 2.19. The summed E-state index contributed by atoms with van der Waals surface area (Å²) in [7, 11) is 0. The van der Waals surface area contributed by atoms with Crippen LogP contribution in [0.25, 0.3) is 0 Å². The predicted molar refractivity (Wildman–Crippen MR) is 73.4 cm³/mol. The second kappa shape index (κ2) is 5.67. The second-order valence-electron chi connectivity index (χ2n) is 4.39. The van der Waals surface area contributed by atoms with Crippen molar-refractivity contribution in [3.8, 4) is 0 Å². The van der Waals surface area contributed by atoms with Gasteiger partial charge in [-0.2, -0.15) is 0 Å². The number of benzene rings is 1. The van der Waals surface area contributed by atoms with Crippen molar-refractivity contribution in [2.45, 2.75) is 19.4 Å². The van der Waals surface area contributed by atoms with Gasteiger partial charge in [-0.05, 0) is 26.0 Å². The van der Waals surface area contributed by atoms with Crippen LogP contribution in [0.3, 0.4) is 0 Å². The van der Waals surface area contributed by atoms with E-state index in [9.17, 15) is 14.9 Å². The van der Waals surface area contributed by atoms with E-state index in [0.717, 1.165) is 6.07 Å². The van der Waals surface area contributed by atoms with E-state index < -0.39 is 16.4 Å². The number of rotatable bonds is 4. The summed E-state index contributed by atoms with van der Waals surface area (Å²) in [6, 6.07) is 3.96. The van der Waals surface area contributed by atoms with Gasteiger partial charge in [0.25, 0.3) is 11.6 Å². The third kappa shape index (κ3) is 3.68. The first-order valence-electron chi connectivity index (χ1n) is 5.09. The second-order valence-corrected chi connectivity index (χ2v) is 5.39. The summed E-state index contributed by atoms with van der Waals surface area (Å²) in [6.45, 7) is 3.61. The SMILES string of the molecule is CC(C)(CBr)NC(=O)c1ccc(Cl)cc1[N+](=O)[O-]. The molecule has 1 aromatic carbocycles. The Labute approximate surface area is 118 Å². The summed E-state index contributed by atoms with van der Waals surface area (Å²) < 4.78 is 0. The van der Waals surface area contributed by atoms with E-state index in [2.05, 4.69) is 21.2 Å². The molecule has 1 N–H and O–H groups in total. The van der Waals surface area contributed by atoms with Crippen LogP contribution in [0, 0.1) is 10.1 Å². The number of hydrogen-bond donors (Lipinski definition) is 1. The molecule has 1 rings (SSSR count). The van der Waals surface area contributed by atoms with Crippen molar-refractivity contribution in [1.82, 2.24) is 5.32 Å². The van der Waals surface area contributed by atoms with Gasteiger partial charge in [-0.3, -0.25) is 14.9 Å². The minimum Gasteiger partial charge on any atom is -0.346 e. The Morgan fingerprint density at radius 2 is 2.17 bits per heavy atom. The molecule has 0 aliphatic carbocycles. The summed E-state index contributed by atoms with van der Waals surface area (Å²) in [5, 5.41) is 14.3. The van der Waals surface area contributed by atoms with Crippen LogP contribution in [0.5, 0.6) is 0 Å². The van der Waals surface area contributed by atoms with Gasteiger partial charge >= 0.3 is 0 Å². The molecule has 0 bridgehead atoms. The molecule has 18 heavy (non-hydrogen) atoms. The fourth-order valence-electron chi connectivity index (χ4n) is 1.26. The van der Waals surface area contributed by atoms with E-state index in [1.807, 2.05) is 0 Å². The first-order chi connectivity index (χ1) is 8.26. The van der Waals surface area contributed by atoms with Crippen LogP contribution in [0.15, 0.2) is 18.2 Å². The lowest BCUT2D eigenvalue weighted by Gasteiger charge is -2.23. The molecule has 0 heterocycles. The standard InChI is InChI=1S/C11H12BrClN2O3/c1-11(2,6-12)14-10(16)8-4-3-7(13)5-9(8)15(17)18/h3-5H,6H2,1-2H3,(H,14,16). The van der Waals surface area contributed by atoms with Crippen LogP contribution >= 0.6 is 27.5 Å². The number of amides is 1. The molecule has 7 heteroatoms. The highest BCUT2D eigenvalue weighted by atomic mass is 79.9. The molecule has 0 fully saturated rings. The van der Waals surface area contributed by atoms with Crippen molar-refractivity contribution in [2.75, 3.05) is 5.33 Å². The Balaban J connectivity index is 3.10. The molecule has 0 radical (unpaired) electrons. The Bertz CT molecular complexity index is 491. The van der Waals surface area contributed by atoms with E-state index in [0.29, 0.717) is 5.33 Å². The van der Waals surface area contributed by atoms with Gasteiger partial charge in [0.1, 0.15) is 5.56 Å². The average Bonchev–Trinajstić information content (AvgIpc) is 2.28. The monoisotopic (exact) mass is 334 g/mol. The highest BCUT2D eigenvalue weighted by Crippen LogP contribution is 2.23. The maximum atomic E-state index is 12.0. The molecule has 0 aliphatic rings. The highest BCUT2D eigenvalue weighted by Gasteiger charge is 2.25. The smallest absolute Gasteiger partial charge is 0.283 e. The zero-order chi connectivity index (χ0) is 13.9. The number of carbonyl (C=O) groups excluding carboxylic acids is 1. The number of nitro groups is 1.